The van der Waals surface area contributed by atoms with E-state index < -0.39 is 6.10 Å². The van der Waals surface area contributed by atoms with Crippen molar-refractivity contribution >= 4 is 12.2 Å². The lowest BCUT2D eigenvalue weighted by Crippen LogP contribution is -1.94. The summed E-state index contributed by atoms with van der Waals surface area (Å²) in [7, 11) is 0. The zero-order valence-corrected chi connectivity index (χ0v) is 8.61. The first-order chi connectivity index (χ1) is 7.84. The molecule has 2 rings (SSSR count). The lowest BCUT2D eigenvalue weighted by atomic mass is 10.2. The molecule has 1 N–H and O–H groups in total. The number of hydrogen-bond acceptors (Lipinski definition) is 3. The largest absolute Gasteiger partial charge is 0.465 e. The molecule has 0 atom stereocenters. The van der Waals surface area contributed by atoms with Gasteiger partial charge in [-0.15, -0.1) is 0 Å². The second-order valence-corrected chi connectivity index (χ2v) is 3.24. The van der Waals surface area contributed by atoms with Crippen LogP contribution in [0.3, 0.4) is 0 Å². The summed E-state index contributed by atoms with van der Waals surface area (Å²) in [6.45, 7) is 0. The van der Waals surface area contributed by atoms with Crippen LogP contribution in [0.4, 0.5) is 0 Å². The predicted octanol–water partition coefficient (Wildman–Crippen LogP) is 2.96. The van der Waals surface area contributed by atoms with E-state index in [4.69, 9.17) is 8.83 Å². The lowest BCUT2D eigenvalue weighted by Gasteiger charge is -1.95. The molecule has 0 unspecified atom stereocenters. The minimum Gasteiger partial charge on any atom is -0.465 e. The Hall–Kier alpha value is -2.00. The van der Waals surface area contributed by atoms with Crippen molar-refractivity contribution in [1.82, 2.24) is 0 Å². The fourth-order valence-electron chi connectivity index (χ4n) is 1.22. The van der Waals surface area contributed by atoms with E-state index in [-0.39, 0.29) is 0 Å². The Labute approximate surface area is 93.3 Å². The average Bonchev–Trinajstić information content (AvgIpc) is 2.96. The van der Waals surface area contributed by atoms with Gasteiger partial charge in [0.1, 0.15) is 11.5 Å². The van der Waals surface area contributed by atoms with E-state index in [0.717, 1.165) is 0 Å². The van der Waals surface area contributed by atoms with Crippen molar-refractivity contribution in [2.45, 2.75) is 6.10 Å². The van der Waals surface area contributed by atoms with Gasteiger partial charge in [0.15, 0.2) is 0 Å². The van der Waals surface area contributed by atoms with Crippen molar-refractivity contribution in [3.05, 3.63) is 60.5 Å². The molecule has 2 aromatic rings. The molecule has 0 aliphatic rings. The molecular weight excluding hydrogens is 204 g/mol. The molecule has 0 amide bonds. The maximum absolute atomic E-state index is 9.59. The van der Waals surface area contributed by atoms with E-state index in [0.29, 0.717) is 11.5 Å². The van der Waals surface area contributed by atoms with E-state index in [1.165, 1.54) is 0 Å². The predicted molar refractivity (Wildman–Crippen MR) is 61.5 cm³/mol. The smallest absolute Gasteiger partial charge is 0.126 e. The van der Waals surface area contributed by atoms with Crippen molar-refractivity contribution in [1.29, 1.82) is 0 Å². The summed E-state index contributed by atoms with van der Waals surface area (Å²) in [5.41, 5.74) is 0. The van der Waals surface area contributed by atoms with Crippen molar-refractivity contribution in [3.63, 3.8) is 0 Å². The van der Waals surface area contributed by atoms with Gasteiger partial charge in [-0.2, -0.15) is 0 Å². The molecule has 0 aliphatic carbocycles. The lowest BCUT2D eigenvalue weighted by molar-refractivity contribution is 0.273. The van der Waals surface area contributed by atoms with Gasteiger partial charge in [-0.25, -0.2) is 0 Å². The summed E-state index contributed by atoms with van der Waals surface area (Å²) >= 11 is 0. The van der Waals surface area contributed by atoms with Crippen LogP contribution in [-0.4, -0.2) is 11.2 Å². The Bertz CT molecular complexity index is 405. The minimum atomic E-state index is -0.657. The zero-order chi connectivity index (χ0) is 11.2. The van der Waals surface area contributed by atoms with Crippen LogP contribution < -0.4 is 0 Å². The number of hydrogen-bond donors (Lipinski definition) is 1. The highest BCUT2D eigenvalue weighted by atomic mass is 16.3. The quantitative estimate of drug-likeness (QED) is 0.854. The Balaban J connectivity index is 1.91. The highest BCUT2D eigenvalue weighted by Gasteiger charge is 1.94. The van der Waals surface area contributed by atoms with Crippen LogP contribution in [0, 0.1) is 0 Å². The van der Waals surface area contributed by atoms with Gasteiger partial charge in [-0.1, -0.05) is 0 Å². The molecule has 0 fully saturated rings. The molecule has 82 valence electrons. The van der Waals surface area contributed by atoms with Crippen LogP contribution in [0.25, 0.3) is 12.2 Å². The van der Waals surface area contributed by atoms with Gasteiger partial charge in [0.25, 0.3) is 0 Å². The number of furan rings is 2. The van der Waals surface area contributed by atoms with Crippen LogP contribution >= 0.6 is 0 Å². The molecule has 0 spiro atoms. The maximum Gasteiger partial charge on any atom is 0.126 e. The summed E-state index contributed by atoms with van der Waals surface area (Å²) < 4.78 is 10.2. The van der Waals surface area contributed by atoms with Crippen LogP contribution in [0.1, 0.15) is 11.5 Å². The average molecular weight is 216 g/mol. The Morgan fingerprint density at radius 3 is 1.81 bits per heavy atom. The normalized spacial score (nSPS) is 13.8. The van der Waals surface area contributed by atoms with Crippen LogP contribution in [-0.2, 0) is 0 Å². The van der Waals surface area contributed by atoms with Gasteiger partial charge in [0.2, 0.25) is 0 Å². The molecule has 0 saturated heterocycles. The first-order valence-corrected chi connectivity index (χ1v) is 4.96. The topological polar surface area (TPSA) is 46.5 Å². The van der Waals surface area contributed by atoms with Gasteiger partial charge in [-0.3, -0.25) is 0 Å². The highest BCUT2D eigenvalue weighted by Crippen LogP contribution is 2.06. The van der Waals surface area contributed by atoms with E-state index in [1.807, 2.05) is 12.1 Å². The summed E-state index contributed by atoms with van der Waals surface area (Å²) in [5.74, 6) is 1.43. The van der Waals surface area contributed by atoms with Crippen LogP contribution in [0.5, 0.6) is 0 Å². The van der Waals surface area contributed by atoms with Crippen LogP contribution in [0.2, 0.25) is 0 Å². The molecule has 3 heteroatoms. The highest BCUT2D eigenvalue weighted by molar-refractivity contribution is 5.47. The molecule has 0 aliphatic heterocycles. The maximum atomic E-state index is 9.59. The molecule has 0 bridgehead atoms. The minimum absolute atomic E-state index is 0.657. The van der Waals surface area contributed by atoms with E-state index in [2.05, 4.69) is 0 Å². The van der Waals surface area contributed by atoms with Gasteiger partial charge in [-0.05, 0) is 48.6 Å². The molecule has 16 heavy (non-hydrogen) atoms. The van der Waals surface area contributed by atoms with Crippen LogP contribution in [0.15, 0.2) is 57.8 Å². The molecular formula is C13H12O3. The van der Waals surface area contributed by atoms with E-state index in [1.54, 1.807) is 49.0 Å². The Morgan fingerprint density at radius 2 is 1.44 bits per heavy atom. The Morgan fingerprint density at radius 1 is 0.938 bits per heavy atom. The summed E-state index contributed by atoms with van der Waals surface area (Å²) in [4.78, 5) is 0. The summed E-state index contributed by atoms with van der Waals surface area (Å²) in [6, 6.07) is 7.23. The molecule has 2 heterocycles. The first kappa shape index (κ1) is 10.5. The molecule has 3 nitrogen and oxygen atoms in total. The van der Waals surface area contributed by atoms with Gasteiger partial charge >= 0.3 is 0 Å². The number of rotatable bonds is 4. The molecule has 2 aromatic heterocycles. The second kappa shape index (κ2) is 5.19. The SMILES string of the molecule is OC(C=Cc1ccco1)C=Cc1ccco1. The summed E-state index contributed by atoms with van der Waals surface area (Å²) in [5, 5.41) is 9.59. The first-order valence-electron chi connectivity index (χ1n) is 4.96. The third kappa shape index (κ3) is 3.00. The third-order valence-corrected chi connectivity index (χ3v) is 2.00. The van der Waals surface area contributed by atoms with Crippen molar-refractivity contribution in [2.24, 2.45) is 0 Å². The van der Waals surface area contributed by atoms with E-state index >= 15 is 0 Å². The van der Waals surface area contributed by atoms with Gasteiger partial charge in [0, 0.05) is 0 Å². The molecule has 0 aromatic carbocycles. The van der Waals surface area contributed by atoms with Crippen molar-refractivity contribution < 1.29 is 13.9 Å². The fourth-order valence-corrected chi connectivity index (χ4v) is 1.22. The molecule has 0 saturated carbocycles. The second-order valence-electron chi connectivity index (χ2n) is 3.24. The number of aliphatic hydroxyl groups excluding tert-OH is 1. The summed E-state index contributed by atoms with van der Waals surface area (Å²) in [6.07, 6.45) is 9.23. The standard InChI is InChI=1S/C13H12O3/c14-11(5-7-12-3-1-9-15-12)6-8-13-4-2-10-16-13/h1-11,14H. The van der Waals surface area contributed by atoms with E-state index in [9.17, 15) is 5.11 Å². The van der Waals surface area contributed by atoms with Crippen molar-refractivity contribution in [3.8, 4) is 0 Å². The fraction of sp³-hybridized carbons (Fsp3) is 0.0769. The zero-order valence-electron chi connectivity index (χ0n) is 8.61. The molecule has 0 radical (unpaired) electrons. The van der Waals surface area contributed by atoms with Crippen molar-refractivity contribution in [2.75, 3.05) is 0 Å². The van der Waals surface area contributed by atoms with Gasteiger partial charge < -0.3 is 13.9 Å². The van der Waals surface area contributed by atoms with Gasteiger partial charge in [0.05, 0.1) is 18.6 Å². The third-order valence-electron chi connectivity index (χ3n) is 2.00. The Kier molecular flexibility index (Phi) is 3.41. The monoisotopic (exact) mass is 216 g/mol. The number of aliphatic hydroxyl groups is 1.